The van der Waals surface area contributed by atoms with Crippen LogP contribution in [0, 0.1) is 11.8 Å². The van der Waals surface area contributed by atoms with Crippen molar-refractivity contribution in [1.29, 1.82) is 0 Å². The van der Waals surface area contributed by atoms with Gasteiger partial charge in [0, 0.05) is 18.5 Å². The maximum Gasteiger partial charge on any atom is 0.435 e. The number of carboxylic acid groups (broad SMARTS) is 1. The lowest BCUT2D eigenvalue weighted by Crippen LogP contribution is -2.37. The molecule has 0 unspecified atom stereocenters. The molecule has 0 saturated heterocycles. The van der Waals surface area contributed by atoms with E-state index in [2.05, 4.69) is 10.2 Å². The summed E-state index contributed by atoms with van der Waals surface area (Å²) in [6.45, 7) is 0.362. The maximum absolute atomic E-state index is 12.9. The standard InChI is InChI=1S/C16H20F3N3O3/c17-16(18,19)14-11-5-6-22(8-12(11)20-21-14)13(23)7-9-1-3-10(4-2-9)15(24)25/h9-10H,1-8H2,(H,20,21)(H,24,25). The van der Waals surface area contributed by atoms with E-state index in [9.17, 15) is 22.8 Å². The molecule has 2 aliphatic rings. The molecule has 1 fully saturated rings. The van der Waals surface area contributed by atoms with Gasteiger partial charge in [0.2, 0.25) is 5.91 Å². The van der Waals surface area contributed by atoms with Crippen LogP contribution in [0.4, 0.5) is 13.2 Å². The van der Waals surface area contributed by atoms with Crippen LogP contribution in [0.15, 0.2) is 0 Å². The van der Waals surface area contributed by atoms with Gasteiger partial charge in [-0.2, -0.15) is 18.3 Å². The molecule has 6 nitrogen and oxygen atoms in total. The predicted octanol–water partition coefficient (Wildman–Crippen LogP) is 2.59. The van der Waals surface area contributed by atoms with E-state index in [4.69, 9.17) is 5.11 Å². The van der Waals surface area contributed by atoms with Gasteiger partial charge in [-0.25, -0.2) is 0 Å². The number of aliphatic carboxylic acids is 1. The highest BCUT2D eigenvalue weighted by atomic mass is 19.4. The second-order valence-corrected chi connectivity index (χ2v) is 6.85. The Bertz CT molecular complexity index is 663. The molecule has 1 aromatic heterocycles. The largest absolute Gasteiger partial charge is 0.481 e. The zero-order valence-electron chi connectivity index (χ0n) is 13.6. The molecule has 9 heteroatoms. The summed E-state index contributed by atoms with van der Waals surface area (Å²) in [6, 6.07) is 0. The summed E-state index contributed by atoms with van der Waals surface area (Å²) >= 11 is 0. The number of nitrogens with zero attached hydrogens (tertiary/aromatic N) is 2. The first-order valence-electron chi connectivity index (χ1n) is 8.39. The van der Waals surface area contributed by atoms with E-state index in [-0.39, 0.29) is 42.8 Å². The Balaban J connectivity index is 1.57. The molecule has 0 aromatic carbocycles. The minimum absolute atomic E-state index is 0.0902. The van der Waals surface area contributed by atoms with Crippen LogP contribution < -0.4 is 0 Å². The summed E-state index contributed by atoms with van der Waals surface area (Å²) in [5.41, 5.74) is -0.387. The van der Waals surface area contributed by atoms with Gasteiger partial charge in [-0.15, -0.1) is 0 Å². The molecule has 1 aliphatic carbocycles. The summed E-state index contributed by atoms with van der Waals surface area (Å²) in [5.74, 6) is -1.05. The molecule has 0 bridgehead atoms. The number of halogens is 3. The van der Waals surface area contributed by atoms with Gasteiger partial charge >= 0.3 is 12.1 Å². The quantitative estimate of drug-likeness (QED) is 0.869. The molecule has 1 aliphatic heterocycles. The molecule has 2 N–H and O–H groups in total. The number of carbonyl (C=O) groups excluding carboxylic acids is 1. The molecule has 0 spiro atoms. The van der Waals surface area contributed by atoms with E-state index in [0.717, 1.165) is 0 Å². The minimum atomic E-state index is -4.49. The van der Waals surface area contributed by atoms with Crippen molar-refractivity contribution < 1.29 is 27.9 Å². The van der Waals surface area contributed by atoms with Crippen LogP contribution >= 0.6 is 0 Å². The number of nitrogens with one attached hydrogen (secondary N) is 1. The molecule has 3 rings (SSSR count). The monoisotopic (exact) mass is 359 g/mol. The Morgan fingerprint density at radius 1 is 1.24 bits per heavy atom. The lowest BCUT2D eigenvalue weighted by molar-refractivity contribution is -0.143. The van der Waals surface area contributed by atoms with Gasteiger partial charge in [0.05, 0.1) is 18.2 Å². The first-order chi connectivity index (χ1) is 11.8. The number of amides is 1. The smallest absolute Gasteiger partial charge is 0.435 e. The van der Waals surface area contributed by atoms with Crippen molar-refractivity contribution in [2.45, 2.75) is 51.2 Å². The van der Waals surface area contributed by atoms with E-state index < -0.39 is 17.8 Å². The summed E-state index contributed by atoms with van der Waals surface area (Å²) in [4.78, 5) is 25.0. The topological polar surface area (TPSA) is 86.3 Å². The van der Waals surface area contributed by atoms with Crippen LogP contribution in [0.3, 0.4) is 0 Å². The third-order valence-corrected chi connectivity index (χ3v) is 5.21. The normalized spacial score (nSPS) is 24.0. The van der Waals surface area contributed by atoms with Crippen molar-refractivity contribution in [3.63, 3.8) is 0 Å². The Kier molecular flexibility index (Phi) is 4.75. The van der Waals surface area contributed by atoms with E-state index >= 15 is 0 Å². The Morgan fingerprint density at radius 2 is 1.92 bits per heavy atom. The van der Waals surface area contributed by atoms with Crippen LogP contribution in [0.5, 0.6) is 0 Å². The van der Waals surface area contributed by atoms with Gasteiger partial charge in [0.15, 0.2) is 5.69 Å². The van der Waals surface area contributed by atoms with Crippen molar-refractivity contribution in [3.05, 3.63) is 17.0 Å². The lowest BCUT2D eigenvalue weighted by Gasteiger charge is -2.30. The average Bonchev–Trinajstić information content (AvgIpc) is 2.98. The zero-order chi connectivity index (χ0) is 18.2. The van der Waals surface area contributed by atoms with Crippen LogP contribution in [-0.2, 0) is 28.7 Å². The summed E-state index contributed by atoms with van der Waals surface area (Å²) in [5, 5.41) is 14.8. The number of rotatable bonds is 3. The fourth-order valence-corrected chi connectivity index (χ4v) is 3.75. The van der Waals surface area contributed by atoms with E-state index in [0.29, 0.717) is 37.8 Å². The molecule has 1 amide bonds. The molecule has 1 aromatic rings. The first-order valence-corrected chi connectivity index (χ1v) is 8.39. The van der Waals surface area contributed by atoms with E-state index in [1.54, 1.807) is 4.90 Å². The highest BCUT2D eigenvalue weighted by Gasteiger charge is 2.39. The van der Waals surface area contributed by atoms with E-state index in [1.165, 1.54) is 0 Å². The first kappa shape index (κ1) is 17.8. The highest BCUT2D eigenvalue weighted by molar-refractivity contribution is 5.77. The van der Waals surface area contributed by atoms with E-state index in [1.807, 2.05) is 0 Å². The number of alkyl halides is 3. The van der Waals surface area contributed by atoms with Crippen molar-refractivity contribution >= 4 is 11.9 Å². The van der Waals surface area contributed by atoms with Gasteiger partial charge in [-0.1, -0.05) is 0 Å². The maximum atomic E-state index is 12.9. The molecular weight excluding hydrogens is 339 g/mol. The summed E-state index contributed by atoms with van der Waals surface area (Å²) in [7, 11) is 0. The average molecular weight is 359 g/mol. The third-order valence-electron chi connectivity index (χ3n) is 5.21. The molecule has 2 heterocycles. The number of carboxylic acids is 1. The second-order valence-electron chi connectivity index (χ2n) is 6.85. The molecule has 25 heavy (non-hydrogen) atoms. The Labute approximate surface area is 142 Å². The minimum Gasteiger partial charge on any atom is -0.481 e. The molecule has 0 radical (unpaired) electrons. The SMILES string of the molecule is O=C(O)C1CCC(CC(=O)N2CCc3c(C(F)(F)F)n[nH]c3C2)CC1. The lowest BCUT2D eigenvalue weighted by atomic mass is 9.80. The van der Waals surface area contributed by atoms with Crippen LogP contribution in [-0.4, -0.2) is 38.6 Å². The number of aromatic nitrogens is 2. The molecule has 1 saturated carbocycles. The fraction of sp³-hybridized carbons (Fsp3) is 0.688. The number of H-pyrrole nitrogens is 1. The Hall–Kier alpha value is -2.06. The number of fused-ring (bicyclic) bond motifs is 1. The van der Waals surface area contributed by atoms with Gasteiger partial charge in [0.1, 0.15) is 0 Å². The van der Waals surface area contributed by atoms with Gasteiger partial charge in [0.25, 0.3) is 0 Å². The van der Waals surface area contributed by atoms with Gasteiger partial charge in [-0.3, -0.25) is 14.7 Å². The summed E-state index contributed by atoms with van der Waals surface area (Å²) in [6.07, 6.45) is -1.48. The summed E-state index contributed by atoms with van der Waals surface area (Å²) < 4.78 is 38.6. The molecular formula is C16H20F3N3O3. The van der Waals surface area contributed by atoms with Crippen LogP contribution in [0.25, 0.3) is 0 Å². The number of aromatic amines is 1. The molecule has 0 atom stereocenters. The predicted molar refractivity (Wildman–Crippen MR) is 80.4 cm³/mol. The molecule has 138 valence electrons. The van der Waals surface area contributed by atoms with Crippen molar-refractivity contribution in [1.82, 2.24) is 15.1 Å². The van der Waals surface area contributed by atoms with Crippen LogP contribution in [0.2, 0.25) is 0 Å². The van der Waals surface area contributed by atoms with Gasteiger partial charge in [-0.05, 0) is 38.0 Å². The van der Waals surface area contributed by atoms with Crippen molar-refractivity contribution in [3.8, 4) is 0 Å². The Morgan fingerprint density at radius 3 is 2.52 bits per heavy atom. The van der Waals surface area contributed by atoms with Crippen LogP contribution in [0.1, 0.15) is 49.1 Å². The van der Waals surface area contributed by atoms with Crippen molar-refractivity contribution in [2.24, 2.45) is 11.8 Å². The fourth-order valence-electron chi connectivity index (χ4n) is 3.75. The number of hydrogen-bond acceptors (Lipinski definition) is 3. The third kappa shape index (κ3) is 3.80. The van der Waals surface area contributed by atoms with Crippen molar-refractivity contribution in [2.75, 3.05) is 6.54 Å². The number of carbonyl (C=O) groups is 2. The highest BCUT2D eigenvalue weighted by Crippen LogP contribution is 2.35. The zero-order valence-corrected chi connectivity index (χ0v) is 13.6. The van der Waals surface area contributed by atoms with Gasteiger partial charge < -0.3 is 10.0 Å². The number of hydrogen-bond donors (Lipinski definition) is 2. The second kappa shape index (κ2) is 6.68.